The highest BCUT2D eigenvalue weighted by molar-refractivity contribution is 6.09. The molecule has 0 amide bonds. The largest absolute Gasteiger partial charge is 0.496 e. The van der Waals surface area contributed by atoms with Gasteiger partial charge in [-0.25, -0.2) is 4.98 Å². The summed E-state index contributed by atoms with van der Waals surface area (Å²) in [6.07, 6.45) is 3.62. The first-order chi connectivity index (χ1) is 18.1. The first-order valence-corrected chi connectivity index (χ1v) is 12.9. The molecule has 9 nitrogen and oxygen atoms in total. The number of rotatable bonds is 10. The van der Waals surface area contributed by atoms with Crippen LogP contribution in [0, 0.1) is 0 Å². The molecule has 37 heavy (non-hydrogen) atoms. The lowest BCUT2D eigenvalue weighted by Crippen LogP contribution is -2.43. The summed E-state index contributed by atoms with van der Waals surface area (Å²) in [5, 5.41) is 24.7. The van der Waals surface area contributed by atoms with E-state index >= 15 is 0 Å². The number of nitrogens with one attached hydrogen (secondary N) is 2. The SMILES string of the molecule is CCCCNc1nc(N)nc2c3ccccc3n(Cc3cc(CNC4CC(O)C4)ccc3OC)c12.CO. The van der Waals surface area contributed by atoms with Crippen LogP contribution in [0.4, 0.5) is 11.8 Å². The fourth-order valence-corrected chi connectivity index (χ4v) is 4.87. The first kappa shape index (κ1) is 26.7. The first-order valence-electron chi connectivity index (χ1n) is 12.9. The van der Waals surface area contributed by atoms with Crippen molar-refractivity contribution in [1.29, 1.82) is 0 Å². The van der Waals surface area contributed by atoms with E-state index in [0.29, 0.717) is 12.6 Å². The van der Waals surface area contributed by atoms with Crippen molar-refractivity contribution < 1.29 is 14.9 Å². The zero-order valence-corrected chi connectivity index (χ0v) is 21.9. The molecule has 0 aliphatic heterocycles. The molecule has 0 spiro atoms. The van der Waals surface area contributed by atoms with Crippen LogP contribution in [0.3, 0.4) is 0 Å². The minimum absolute atomic E-state index is 0.161. The Bertz CT molecular complexity index is 1330. The molecule has 1 aliphatic rings. The Balaban J connectivity index is 0.00000156. The third kappa shape index (κ3) is 5.79. The fourth-order valence-electron chi connectivity index (χ4n) is 4.87. The molecule has 0 bridgehead atoms. The number of fused-ring (bicyclic) bond motifs is 3. The van der Waals surface area contributed by atoms with Crippen LogP contribution in [0.25, 0.3) is 21.9 Å². The maximum absolute atomic E-state index is 9.57. The van der Waals surface area contributed by atoms with E-state index in [2.05, 4.69) is 56.4 Å². The molecular weight excluding hydrogens is 468 g/mol. The summed E-state index contributed by atoms with van der Waals surface area (Å²) in [6.45, 7) is 4.36. The van der Waals surface area contributed by atoms with Gasteiger partial charge < -0.3 is 35.9 Å². The molecule has 0 saturated heterocycles. The lowest BCUT2D eigenvalue weighted by atomic mass is 9.89. The number of benzene rings is 2. The van der Waals surface area contributed by atoms with Crippen LogP contribution in [0.5, 0.6) is 5.75 Å². The lowest BCUT2D eigenvalue weighted by Gasteiger charge is -2.32. The number of hydrogen-bond acceptors (Lipinski definition) is 8. The van der Waals surface area contributed by atoms with Crippen molar-refractivity contribution in [3.8, 4) is 5.75 Å². The van der Waals surface area contributed by atoms with Gasteiger partial charge in [-0.3, -0.25) is 0 Å². The number of aromatic nitrogens is 3. The van der Waals surface area contributed by atoms with Gasteiger partial charge in [-0.1, -0.05) is 37.6 Å². The van der Waals surface area contributed by atoms with Crippen LogP contribution < -0.4 is 21.1 Å². The zero-order valence-electron chi connectivity index (χ0n) is 21.9. The van der Waals surface area contributed by atoms with E-state index in [1.54, 1.807) is 7.11 Å². The van der Waals surface area contributed by atoms with Gasteiger partial charge in [-0.05, 0) is 43.0 Å². The molecule has 0 radical (unpaired) electrons. The van der Waals surface area contributed by atoms with Gasteiger partial charge in [0.15, 0.2) is 5.82 Å². The third-order valence-corrected chi connectivity index (χ3v) is 6.83. The average molecular weight is 507 g/mol. The zero-order chi connectivity index (χ0) is 26.4. The Morgan fingerprint density at radius 2 is 1.92 bits per heavy atom. The van der Waals surface area contributed by atoms with Crippen LogP contribution >= 0.6 is 0 Å². The van der Waals surface area contributed by atoms with Gasteiger partial charge in [0.2, 0.25) is 5.95 Å². The predicted molar refractivity (Wildman–Crippen MR) is 149 cm³/mol. The molecule has 6 N–H and O–H groups in total. The quantitative estimate of drug-likeness (QED) is 0.206. The standard InChI is InChI=1S/C27H34N6O2.CH4O/c1-3-4-11-29-26-25-24(31-27(28)32-26)21-7-5-6-8-22(21)33(25)16-18-12-17(9-10-23(18)35-2)15-30-19-13-20(34)14-19;1-2/h5-10,12,19-20,30,34H,3-4,11,13-16H2,1-2H3,(H3,28,29,31,32);2H,1H3. The van der Waals surface area contributed by atoms with Gasteiger partial charge in [0.1, 0.15) is 16.8 Å². The Labute approximate surface area is 217 Å². The summed E-state index contributed by atoms with van der Waals surface area (Å²) in [5.74, 6) is 1.87. The topological polar surface area (TPSA) is 130 Å². The number of nitrogens with two attached hydrogens (primary N) is 1. The molecule has 0 atom stereocenters. The van der Waals surface area contributed by atoms with E-state index < -0.39 is 0 Å². The Morgan fingerprint density at radius 3 is 2.65 bits per heavy atom. The highest BCUT2D eigenvalue weighted by Crippen LogP contribution is 2.34. The maximum atomic E-state index is 9.57. The molecule has 5 rings (SSSR count). The Kier molecular flexibility index (Phi) is 8.81. The number of nitrogen functional groups attached to an aromatic ring is 1. The van der Waals surface area contributed by atoms with E-state index in [1.807, 2.05) is 18.2 Å². The monoisotopic (exact) mass is 506 g/mol. The second kappa shape index (κ2) is 12.2. The van der Waals surface area contributed by atoms with Crippen molar-refractivity contribution in [1.82, 2.24) is 19.9 Å². The summed E-state index contributed by atoms with van der Waals surface area (Å²) >= 11 is 0. The lowest BCUT2D eigenvalue weighted by molar-refractivity contribution is 0.0619. The summed E-state index contributed by atoms with van der Waals surface area (Å²) in [4.78, 5) is 9.20. The van der Waals surface area contributed by atoms with Crippen molar-refractivity contribution >= 4 is 33.7 Å². The minimum atomic E-state index is -0.161. The third-order valence-electron chi connectivity index (χ3n) is 6.83. The molecule has 198 valence electrons. The number of aliphatic hydroxyl groups is 2. The van der Waals surface area contributed by atoms with E-state index in [9.17, 15) is 5.11 Å². The van der Waals surface area contributed by atoms with Crippen molar-refractivity contribution in [2.24, 2.45) is 0 Å². The highest BCUT2D eigenvalue weighted by atomic mass is 16.5. The number of methoxy groups -OCH3 is 1. The van der Waals surface area contributed by atoms with Crippen molar-refractivity contribution in [3.63, 3.8) is 0 Å². The fraction of sp³-hybridized carbons (Fsp3) is 0.429. The molecule has 1 aliphatic carbocycles. The molecule has 2 heterocycles. The molecule has 9 heteroatoms. The van der Waals surface area contributed by atoms with Gasteiger partial charge in [0, 0.05) is 37.2 Å². The van der Waals surface area contributed by atoms with Gasteiger partial charge in [0.25, 0.3) is 0 Å². The van der Waals surface area contributed by atoms with E-state index in [4.69, 9.17) is 15.6 Å². The molecular formula is C28H38N6O3. The van der Waals surface area contributed by atoms with E-state index in [-0.39, 0.29) is 12.1 Å². The van der Waals surface area contributed by atoms with Crippen LogP contribution in [0.1, 0.15) is 43.7 Å². The van der Waals surface area contributed by atoms with Crippen molar-refractivity contribution in [3.05, 3.63) is 53.6 Å². The normalized spacial score (nSPS) is 16.8. The summed E-state index contributed by atoms with van der Waals surface area (Å²) < 4.78 is 8.00. The second-order valence-electron chi connectivity index (χ2n) is 9.36. The van der Waals surface area contributed by atoms with E-state index in [0.717, 1.165) is 84.9 Å². The number of ether oxygens (including phenoxy) is 1. The van der Waals surface area contributed by atoms with Crippen LogP contribution in [-0.4, -0.2) is 57.7 Å². The number of anilines is 2. The van der Waals surface area contributed by atoms with Gasteiger partial charge in [-0.2, -0.15) is 4.98 Å². The average Bonchev–Trinajstić information content (AvgIpc) is 3.20. The summed E-state index contributed by atoms with van der Waals surface area (Å²) in [5.41, 5.74) is 11.3. The van der Waals surface area contributed by atoms with Crippen LogP contribution in [-0.2, 0) is 13.1 Å². The maximum Gasteiger partial charge on any atom is 0.222 e. The van der Waals surface area contributed by atoms with E-state index in [1.165, 1.54) is 5.56 Å². The Hall–Kier alpha value is -3.40. The molecule has 4 aromatic rings. The van der Waals surface area contributed by atoms with Gasteiger partial charge in [0.05, 0.1) is 25.3 Å². The number of unbranched alkanes of at least 4 members (excludes halogenated alkanes) is 1. The van der Waals surface area contributed by atoms with Crippen molar-refractivity contribution in [2.45, 2.75) is 57.8 Å². The second-order valence-corrected chi connectivity index (χ2v) is 9.36. The number of hydrogen-bond donors (Lipinski definition) is 5. The number of para-hydroxylation sites is 1. The molecule has 1 fully saturated rings. The van der Waals surface area contributed by atoms with Gasteiger partial charge >= 0.3 is 0 Å². The van der Waals surface area contributed by atoms with Crippen LogP contribution in [0.2, 0.25) is 0 Å². The van der Waals surface area contributed by atoms with Crippen LogP contribution in [0.15, 0.2) is 42.5 Å². The predicted octanol–water partition coefficient (Wildman–Crippen LogP) is 3.66. The minimum Gasteiger partial charge on any atom is -0.496 e. The van der Waals surface area contributed by atoms with Gasteiger partial charge in [-0.15, -0.1) is 0 Å². The number of aliphatic hydroxyl groups excluding tert-OH is 2. The summed E-state index contributed by atoms with van der Waals surface area (Å²) in [7, 11) is 2.71. The molecule has 0 unspecified atom stereocenters. The Morgan fingerprint density at radius 1 is 1.14 bits per heavy atom. The smallest absolute Gasteiger partial charge is 0.222 e. The molecule has 2 aromatic carbocycles. The number of nitrogens with zero attached hydrogens (tertiary/aromatic N) is 3. The summed E-state index contributed by atoms with van der Waals surface area (Å²) in [6, 6.07) is 15.0. The molecule has 2 aromatic heterocycles. The van der Waals surface area contributed by atoms with Crippen molar-refractivity contribution in [2.75, 3.05) is 31.8 Å². The highest BCUT2D eigenvalue weighted by Gasteiger charge is 2.26. The molecule has 1 saturated carbocycles.